The third-order valence-corrected chi connectivity index (χ3v) is 9.55. The fourth-order valence-electron chi connectivity index (χ4n) is 5.73. The number of hydrogen-bond acceptors (Lipinski definition) is 6. The standard InChI is InChI=1S/C36H30ClN5O2S/c1-25-30(37)13-8-14-31(25)42-35(44)32(23-26-15-17-39-18-16-26)45-36(42)29(24-38)34(43)41-21-19-40(20-22-41)33(27-9-4-2-5-10-27)28-11-6-3-7-12-28/h2-18,23,33H,19-22H2,1H3/b32-23-,36-29-. The largest absolute Gasteiger partial charge is 0.335 e. The third-order valence-electron chi connectivity index (χ3n) is 8.04. The van der Waals surface area contributed by atoms with Crippen molar-refractivity contribution in [3.63, 3.8) is 0 Å². The summed E-state index contributed by atoms with van der Waals surface area (Å²) in [7, 11) is 0. The van der Waals surface area contributed by atoms with Gasteiger partial charge in [-0.25, -0.2) is 0 Å². The predicted molar refractivity (Wildman–Crippen MR) is 179 cm³/mol. The number of nitrogens with zero attached hydrogens (tertiary/aromatic N) is 5. The molecule has 5 aromatic rings. The minimum Gasteiger partial charge on any atom is -0.335 e. The number of halogens is 1. The van der Waals surface area contributed by atoms with Crippen molar-refractivity contribution in [3.8, 4) is 11.8 Å². The highest BCUT2D eigenvalue weighted by molar-refractivity contribution is 7.07. The molecule has 224 valence electrons. The Morgan fingerprint density at radius 3 is 2.13 bits per heavy atom. The number of rotatable bonds is 6. The lowest BCUT2D eigenvalue weighted by Gasteiger charge is -2.39. The maximum atomic E-state index is 14.1. The average Bonchev–Trinajstić information content (AvgIpc) is 3.39. The van der Waals surface area contributed by atoms with Crippen molar-refractivity contribution in [2.24, 2.45) is 0 Å². The van der Waals surface area contributed by atoms with Crippen molar-refractivity contribution < 1.29 is 4.79 Å². The summed E-state index contributed by atoms with van der Waals surface area (Å²) in [6, 6.07) is 31.8. The van der Waals surface area contributed by atoms with Crippen molar-refractivity contribution in [3.05, 3.63) is 150 Å². The number of thiazole rings is 1. The van der Waals surface area contributed by atoms with Gasteiger partial charge in [0.2, 0.25) is 0 Å². The molecule has 3 aromatic carbocycles. The molecule has 1 aliphatic heterocycles. The van der Waals surface area contributed by atoms with Gasteiger partial charge in [-0.2, -0.15) is 5.26 Å². The summed E-state index contributed by atoms with van der Waals surface area (Å²) in [6.07, 6.45) is 5.05. The second kappa shape index (κ2) is 13.4. The SMILES string of the molecule is Cc1c(Cl)cccc1-n1c(=O)/c(=C/c2ccncc2)s/c1=C(/C#N)C(=O)N1CCN(C(c2ccccc2)c2ccccc2)CC1. The fourth-order valence-corrected chi connectivity index (χ4v) is 6.99. The first-order valence-corrected chi connectivity index (χ1v) is 15.8. The minimum absolute atomic E-state index is 0.0450. The number of piperazine rings is 1. The molecule has 0 radical (unpaired) electrons. The number of amides is 1. The fraction of sp³-hybridized carbons (Fsp3) is 0.167. The van der Waals surface area contributed by atoms with E-state index in [-0.39, 0.29) is 21.8 Å². The molecular formula is C36H30ClN5O2S. The molecule has 0 bridgehead atoms. The van der Waals surface area contributed by atoms with Crippen LogP contribution in [0.3, 0.4) is 0 Å². The summed E-state index contributed by atoms with van der Waals surface area (Å²) in [5.74, 6) is -0.390. The molecule has 1 amide bonds. The molecule has 3 heterocycles. The van der Waals surface area contributed by atoms with Crippen LogP contribution in [-0.2, 0) is 4.79 Å². The quantitative estimate of drug-likeness (QED) is 0.272. The zero-order valence-electron chi connectivity index (χ0n) is 24.6. The van der Waals surface area contributed by atoms with Gasteiger partial charge in [0.15, 0.2) is 5.57 Å². The Bertz CT molecular complexity index is 2010. The van der Waals surface area contributed by atoms with Crippen molar-refractivity contribution in [2.75, 3.05) is 26.2 Å². The highest BCUT2D eigenvalue weighted by atomic mass is 35.5. The predicted octanol–water partition coefficient (Wildman–Crippen LogP) is 4.69. The summed E-state index contributed by atoms with van der Waals surface area (Å²) in [4.78, 5) is 36.1. The van der Waals surface area contributed by atoms with Crippen LogP contribution in [0.5, 0.6) is 0 Å². The van der Waals surface area contributed by atoms with Crippen LogP contribution in [0.25, 0.3) is 17.3 Å². The molecule has 0 spiro atoms. The lowest BCUT2D eigenvalue weighted by atomic mass is 9.96. The van der Waals surface area contributed by atoms with E-state index in [9.17, 15) is 14.9 Å². The first-order valence-electron chi connectivity index (χ1n) is 14.6. The van der Waals surface area contributed by atoms with Gasteiger partial charge >= 0.3 is 0 Å². The van der Waals surface area contributed by atoms with Crippen LogP contribution in [0.15, 0.2) is 108 Å². The molecule has 45 heavy (non-hydrogen) atoms. The van der Waals surface area contributed by atoms with Gasteiger partial charge in [-0.15, -0.1) is 11.3 Å². The Kier molecular flexibility index (Phi) is 9.03. The first kappa shape index (κ1) is 30.2. The van der Waals surface area contributed by atoms with Gasteiger partial charge in [0.1, 0.15) is 10.7 Å². The summed E-state index contributed by atoms with van der Waals surface area (Å²) < 4.78 is 2.13. The topological polar surface area (TPSA) is 82.2 Å². The smallest absolute Gasteiger partial charge is 0.273 e. The van der Waals surface area contributed by atoms with Crippen LogP contribution in [-0.4, -0.2) is 51.4 Å². The van der Waals surface area contributed by atoms with Gasteiger partial charge in [-0.3, -0.25) is 24.0 Å². The third kappa shape index (κ3) is 6.24. The maximum absolute atomic E-state index is 14.1. The Morgan fingerprint density at radius 1 is 0.911 bits per heavy atom. The van der Waals surface area contributed by atoms with E-state index >= 15 is 0 Å². The molecule has 0 aliphatic carbocycles. The molecule has 1 saturated heterocycles. The van der Waals surface area contributed by atoms with E-state index in [0.29, 0.717) is 47.0 Å². The number of nitriles is 1. The van der Waals surface area contributed by atoms with Gasteiger partial charge in [0.05, 0.1) is 16.3 Å². The van der Waals surface area contributed by atoms with Crippen molar-refractivity contribution in [1.29, 1.82) is 5.26 Å². The van der Waals surface area contributed by atoms with Crippen LogP contribution < -0.4 is 14.8 Å². The van der Waals surface area contributed by atoms with Crippen molar-refractivity contribution >= 4 is 40.5 Å². The molecule has 1 aliphatic rings. The number of carbonyl (C=O) groups is 1. The Morgan fingerprint density at radius 2 is 1.53 bits per heavy atom. The Labute approximate surface area is 270 Å². The Balaban J connectivity index is 1.38. The highest BCUT2D eigenvalue weighted by Crippen LogP contribution is 2.29. The molecule has 0 unspecified atom stereocenters. The summed E-state index contributed by atoms with van der Waals surface area (Å²) in [6.45, 7) is 3.97. The van der Waals surface area contributed by atoms with E-state index in [1.54, 1.807) is 53.7 Å². The zero-order valence-corrected chi connectivity index (χ0v) is 26.2. The normalized spacial score (nSPS) is 14.8. The highest BCUT2D eigenvalue weighted by Gasteiger charge is 2.30. The monoisotopic (exact) mass is 631 g/mol. The number of benzene rings is 3. The molecule has 6 rings (SSSR count). The number of hydrogen-bond donors (Lipinski definition) is 0. The minimum atomic E-state index is -0.390. The van der Waals surface area contributed by atoms with Gasteiger partial charge < -0.3 is 4.90 Å². The number of aromatic nitrogens is 2. The maximum Gasteiger partial charge on any atom is 0.273 e. The van der Waals surface area contributed by atoms with Crippen LogP contribution in [0.4, 0.5) is 0 Å². The van der Waals surface area contributed by atoms with E-state index < -0.39 is 5.91 Å². The molecule has 7 nitrogen and oxygen atoms in total. The van der Waals surface area contributed by atoms with Crippen molar-refractivity contribution in [2.45, 2.75) is 13.0 Å². The Hall–Kier alpha value is -4.81. The van der Waals surface area contributed by atoms with Gasteiger partial charge in [0, 0.05) is 43.6 Å². The molecule has 9 heteroatoms. The van der Waals surface area contributed by atoms with Crippen molar-refractivity contribution in [1.82, 2.24) is 19.4 Å². The lowest BCUT2D eigenvalue weighted by Crippen LogP contribution is -2.50. The van der Waals surface area contributed by atoms with Crippen LogP contribution in [0.1, 0.15) is 28.3 Å². The summed E-state index contributed by atoms with van der Waals surface area (Å²) in [5.41, 5.74) is 3.99. The van der Waals surface area contributed by atoms with E-state index in [1.807, 2.05) is 43.3 Å². The average molecular weight is 632 g/mol. The van der Waals surface area contributed by atoms with Crippen LogP contribution >= 0.6 is 22.9 Å². The van der Waals surface area contributed by atoms with E-state index in [0.717, 1.165) is 16.9 Å². The van der Waals surface area contributed by atoms with E-state index in [4.69, 9.17) is 11.6 Å². The first-order chi connectivity index (χ1) is 22.0. The van der Waals surface area contributed by atoms with Gasteiger partial charge in [-0.05, 0) is 59.5 Å². The van der Waals surface area contributed by atoms with Crippen LogP contribution in [0, 0.1) is 18.3 Å². The molecular weight excluding hydrogens is 602 g/mol. The second-order valence-electron chi connectivity index (χ2n) is 10.8. The second-order valence-corrected chi connectivity index (χ2v) is 12.2. The lowest BCUT2D eigenvalue weighted by molar-refractivity contribution is -0.126. The van der Waals surface area contributed by atoms with Gasteiger partial charge in [-0.1, -0.05) is 78.3 Å². The zero-order chi connectivity index (χ0) is 31.3. The molecule has 0 N–H and O–H groups in total. The summed E-state index contributed by atoms with van der Waals surface area (Å²) in [5, 5.41) is 10.9. The van der Waals surface area contributed by atoms with Gasteiger partial charge in [0.25, 0.3) is 11.5 Å². The molecule has 2 aromatic heterocycles. The van der Waals surface area contributed by atoms with Crippen LogP contribution in [0.2, 0.25) is 5.02 Å². The molecule has 1 fully saturated rings. The molecule has 0 saturated carbocycles. The number of carbonyl (C=O) groups excluding carboxylic acids is 1. The summed E-state index contributed by atoms with van der Waals surface area (Å²) >= 11 is 7.58. The van der Waals surface area contributed by atoms with E-state index in [2.05, 4.69) is 40.2 Å². The number of pyridine rings is 1. The van der Waals surface area contributed by atoms with E-state index in [1.165, 1.54) is 15.7 Å². The molecule has 0 atom stereocenters.